The first kappa shape index (κ1) is 16.8. The lowest BCUT2D eigenvalue weighted by atomic mass is 10.3. The summed E-state index contributed by atoms with van der Waals surface area (Å²) in [7, 11) is -7.53. The predicted molar refractivity (Wildman–Crippen MR) is 76.1 cm³/mol. The van der Waals surface area contributed by atoms with Crippen molar-refractivity contribution in [3.63, 3.8) is 0 Å². The highest BCUT2D eigenvalue weighted by atomic mass is 79.9. The van der Waals surface area contributed by atoms with Crippen LogP contribution in [0.1, 0.15) is 6.42 Å². The molecule has 0 radical (unpaired) electrons. The summed E-state index contributed by atoms with van der Waals surface area (Å²) in [6, 6.07) is 1.33. The van der Waals surface area contributed by atoms with Crippen LogP contribution in [0.4, 0.5) is 8.78 Å². The number of hydrogen-bond donors (Lipinski definition) is 0. The fraction of sp³-hybridized carbons (Fsp3) is 0.455. The first-order valence-corrected chi connectivity index (χ1v) is 10.0. The third-order valence-electron chi connectivity index (χ3n) is 3.08. The summed E-state index contributed by atoms with van der Waals surface area (Å²) in [5.41, 5.74) is 0. The van der Waals surface area contributed by atoms with E-state index in [0.717, 1.165) is 10.4 Å². The molecule has 5 nitrogen and oxygen atoms in total. The zero-order valence-electron chi connectivity index (χ0n) is 10.7. The van der Waals surface area contributed by atoms with Crippen LogP contribution >= 0.6 is 15.9 Å². The topological polar surface area (TPSA) is 71.5 Å². The Balaban J connectivity index is 2.43. The van der Waals surface area contributed by atoms with E-state index in [1.165, 1.54) is 0 Å². The Labute approximate surface area is 130 Å². The summed E-state index contributed by atoms with van der Waals surface area (Å²) in [5, 5.41) is 0. The molecule has 1 heterocycles. The lowest BCUT2D eigenvalue weighted by Gasteiger charge is -2.20. The van der Waals surface area contributed by atoms with E-state index in [4.69, 9.17) is 0 Å². The molecule has 0 aromatic heterocycles. The summed E-state index contributed by atoms with van der Waals surface area (Å²) in [5.74, 6) is -2.54. The van der Waals surface area contributed by atoms with Crippen molar-refractivity contribution < 1.29 is 25.6 Å². The van der Waals surface area contributed by atoms with E-state index in [1.807, 2.05) is 0 Å². The highest BCUT2D eigenvalue weighted by molar-refractivity contribution is 9.10. The van der Waals surface area contributed by atoms with Crippen molar-refractivity contribution in [1.82, 2.24) is 4.31 Å². The van der Waals surface area contributed by atoms with Gasteiger partial charge in [-0.3, -0.25) is 0 Å². The van der Waals surface area contributed by atoms with Crippen molar-refractivity contribution in [2.75, 3.05) is 24.6 Å². The lowest BCUT2D eigenvalue weighted by molar-refractivity contribution is 0.429. The summed E-state index contributed by atoms with van der Waals surface area (Å²) < 4.78 is 75.4. The monoisotopic (exact) mass is 403 g/mol. The number of benzene rings is 1. The molecule has 2 rings (SSSR count). The maximum absolute atomic E-state index is 13.8. The Hall–Kier alpha value is -0.580. The van der Waals surface area contributed by atoms with Gasteiger partial charge in [0.2, 0.25) is 10.0 Å². The summed E-state index contributed by atoms with van der Waals surface area (Å²) in [4.78, 5) is -0.678. The van der Waals surface area contributed by atoms with E-state index in [2.05, 4.69) is 15.9 Å². The van der Waals surface area contributed by atoms with Gasteiger partial charge in [-0.2, -0.15) is 4.31 Å². The quantitative estimate of drug-likeness (QED) is 0.750. The van der Waals surface area contributed by atoms with Crippen LogP contribution in [0.25, 0.3) is 0 Å². The molecule has 1 aromatic rings. The third kappa shape index (κ3) is 3.61. The highest BCUT2D eigenvalue weighted by Gasteiger charge is 2.32. The van der Waals surface area contributed by atoms with Crippen molar-refractivity contribution in [2.45, 2.75) is 11.3 Å². The molecule has 118 valence electrons. The van der Waals surface area contributed by atoms with Crippen LogP contribution in [0.3, 0.4) is 0 Å². The molecule has 21 heavy (non-hydrogen) atoms. The van der Waals surface area contributed by atoms with E-state index in [9.17, 15) is 25.6 Å². The Bertz CT molecular complexity index is 741. The van der Waals surface area contributed by atoms with Gasteiger partial charge in [0.1, 0.15) is 16.5 Å². The minimum atomic E-state index is -4.23. The number of sulfonamides is 1. The summed E-state index contributed by atoms with van der Waals surface area (Å²) in [6.07, 6.45) is 0.141. The SMILES string of the molecule is O=S1(=O)CCCN(S(=O)(=O)c2c(F)cc(F)cc2Br)CC1. The molecule has 0 saturated carbocycles. The number of rotatable bonds is 2. The number of halogens is 3. The van der Waals surface area contributed by atoms with Crippen molar-refractivity contribution in [1.29, 1.82) is 0 Å². The maximum Gasteiger partial charge on any atom is 0.247 e. The van der Waals surface area contributed by atoms with Gasteiger partial charge in [-0.05, 0) is 28.4 Å². The van der Waals surface area contributed by atoms with Crippen LogP contribution < -0.4 is 0 Å². The molecule has 0 N–H and O–H groups in total. The molecule has 1 fully saturated rings. The smallest absolute Gasteiger partial charge is 0.229 e. The number of hydrogen-bond acceptors (Lipinski definition) is 4. The standard InChI is InChI=1S/C11H12BrF2NO4S2/c12-9-6-8(13)7-10(14)11(9)21(18,19)15-2-1-4-20(16,17)5-3-15/h6-7H,1-5H2. The predicted octanol–water partition coefficient (Wildman–Crippen LogP) is 1.54. The second kappa shape index (κ2) is 5.90. The average Bonchev–Trinajstić information content (AvgIpc) is 2.48. The van der Waals surface area contributed by atoms with Crippen LogP contribution in [0.5, 0.6) is 0 Å². The molecule has 0 unspecified atom stereocenters. The number of nitrogens with zero attached hydrogens (tertiary/aromatic N) is 1. The van der Waals surface area contributed by atoms with Crippen molar-refractivity contribution in [3.8, 4) is 0 Å². The van der Waals surface area contributed by atoms with Gasteiger partial charge in [0.15, 0.2) is 9.84 Å². The van der Waals surface area contributed by atoms with Gasteiger partial charge in [-0.25, -0.2) is 25.6 Å². The van der Waals surface area contributed by atoms with Gasteiger partial charge in [0.05, 0.1) is 11.5 Å². The Kier molecular flexibility index (Phi) is 4.72. The molecule has 0 bridgehead atoms. The molecule has 0 aliphatic carbocycles. The zero-order chi connectivity index (χ0) is 15.8. The minimum Gasteiger partial charge on any atom is -0.229 e. The van der Waals surface area contributed by atoms with Crippen molar-refractivity contribution >= 4 is 35.8 Å². The fourth-order valence-electron chi connectivity index (χ4n) is 2.06. The van der Waals surface area contributed by atoms with E-state index in [0.29, 0.717) is 6.07 Å². The van der Waals surface area contributed by atoms with Crippen LogP contribution in [-0.2, 0) is 19.9 Å². The van der Waals surface area contributed by atoms with E-state index in [-0.39, 0.29) is 35.5 Å². The van der Waals surface area contributed by atoms with E-state index in [1.54, 1.807) is 0 Å². The molecule has 1 aliphatic heterocycles. The lowest BCUT2D eigenvalue weighted by Crippen LogP contribution is -2.34. The molecule has 10 heteroatoms. The molecule has 0 atom stereocenters. The Morgan fingerprint density at radius 1 is 1.14 bits per heavy atom. The minimum absolute atomic E-state index is 0.0230. The molecular formula is C11H12BrF2NO4S2. The largest absolute Gasteiger partial charge is 0.247 e. The summed E-state index contributed by atoms with van der Waals surface area (Å²) in [6.45, 7) is -0.265. The summed E-state index contributed by atoms with van der Waals surface area (Å²) >= 11 is 2.84. The normalized spacial score (nSPS) is 20.1. The number of sulfone groups is 1. The third-order valence-corrected chi connectivity index (χ3v) is 7.65. The van der Waals surface area contributed by atoms with Gasteiger partial charge < -0.3 is 0 Å². The van der Waals surface area contributed by atoms with Crippen molar-refractivity contribution in [3.05, 3.63) is 28.2 Å². The average molecular weight is 404 g/mol. The Morgan fingerprint density at radius 2 is 1.81 bits per heavy atom. The second-order valence-electron chi connectivity index (χ2n) is 4.61. The zero-order valence-corrected chi connectivity index (χ0v) is 13.9. The maximum atomic E-state index is 13.8. The van der Waals surface area contributed by atoms with E-state index >= 15 is 0 Å². The van der Waals surface area contributed by atoms with Gasteiger partial charge in [-0.1, -0.05) is 0 Å². The van der Waals surface area contributed by atoms with Crippen LogP contribution in [0.15, 0.2) is 21.5 Å². The second-order valence-corrected chi connectivity index (χ2v) is 9.64. The van der Waals surface area contributed by atoms with Crippen LogP contribution in [0, 0.1) is 11.6 Å². The molecule has 1 aliphatic rings. The molecule has 0 amide bonds. The van der Waals surface area contributed by atoms with Gasteiger partial charge in [-0.15, -0.1) is 0 Å². The Morgan fingerprint density at radius 3 is 2.43 bits per heavy atom. The molecule has 1 aromatic carbocycles. The van der Waals surface area contributed by atoms with Gasteiger partial charge in [0, 0.05) is 23.6 Å². The first-order chi connectivity index (χ1) is 9.63. The van der Waals surface area contributed by atoms with Gasteiger partial charge in [0.25, 0.3) is 0 Å². The highest BCUT2D eigenvalue weighted by Crippen LogP contribution is 2.29. The molecule has 0 spiro atoms. The van der Waals surface area contributed by atoms with E-state index < -0.39 is 36.4 Å². The van der Waals surface area contributed by atoms with Gasteiger partial charge >= 0.3 is 0 Å². The van der Waals surface area contributed by atoms with Crippen molar-refractivity contribution in [2.24, 2.45) is 0 Å². The first-order valence-electron chi connectivity index (χ1n) is 5.98. The van der Waals surface area contributed by atoms with Crippen LogP contribution in [-0.4, -0.2) is 45.7 Å². The van der Waals surface area contributed by atoms with Crippen LogP contribution in [0.2, 0.25) is 0 Å². The fourth-order valence-corrected chi connectivity index (χ4v) is 6.04. The molecule has 1 saturated heterocycles. The molecular weight excluding hydrogens is 392 g/mol.